The van der Waals surface area contributed by atoms with Crippen molar-refractivity contribution in [2.75, 3.05) is 0 Å². The van der Waals surface area contributed by atoms with Crippen molar-refractivity contribution in [2.24, 2.45) is 0 Å². The van der Waals surface area contributed by atoms with Crippen molar-refractivity contribution in [1.29, 1.82) is 0 Å². The van der Waals surface area contributed by atoms with E-state index >= 15 is 0 Å². The van der Waals surface area contributed by atoms with Gasteiger partial charge in [-0.2, -0.15) is 0 Å². The Balaban J connectivity index is 1.20. The van der Waals surface area contributed by atoms with Gasteiger partial charge in [0.1, 0.15) is 0 Å². The topological polar surface area (TPSA) is 4.93 Å². The third-order valence-corrected chi connectivity index (χ3v) is 82.5. The number of benzene rings is 1. The summed E-state index contributed by atoms with van der Waals surface area (Å²) in [4.78, 5) is 0. The maximum absolute atomic E-state index is 14.2. The van der Waals surface area contributed by atoms with Gasteiger partial charge in [0.05, 0.1) is 0 Å². The average molecular weight is 355 g/mol. The summed E-state index contributed by atoms with van der Waals surface area (Å²) in [6.07, 6.45) is 4.30. The monoisotopic (exact) mass is 355 g/mol. The minimum absolute atomic E-state index is 0.454. The Bertz CT molecular complexity index is 1440. The van der Waals surface area contributed by atoms with E-state index in [-0.39, 0.29) is 0 Å². The Kier molecular flexibility index (Phi) is 0.411. The van der Waals surface area contributed by atoms with Gasteiger partial charge in [-0.1, -0.05) is 0 Å². The number of fused-ring (bicyclic) bond motifs is 10. The summed E-state index contributed by atoms with van der Waals surface area (Å²) in [5.41, 5.74) is 2.10. The van der Waals surface area contributed by atoms with Crippen LogP contribution in [0.4, 0.5) is 8.78 Å². The van der Waals surface area contributed by atoms with E-state index < -0.39 is 20.5 Å². The molecular formula is C20H15F2NTi. The van der Waals surface area contributed by atoms with Gasteiger partial charge in [-0.05, 0) is 0 Å². The van der Waals surface area contributed by atoms with E-state index in [1.165, 1.54) is 44.1 Å². The molecule has 4 atom stereocenters. The van der Waals surface area contributed by atoms with Crippen LogP contribution < -0.4 is 0 Å². The fourth-order valence-corrected chi connectivity index (χ4v) is 149. The Morgan fingerprint density at radius 1 is 0.875 bits per heavy atom. The predicted octanol–water partition coefficient (Wildman–Crippen LogP) is 5.55. The number of halogens is 2. The van der Waals surface area contributed by atoms with Gasteiger partial charge in [0.25, 0.3) is 0 Å². The minimum atomic E-state index is -3.53. The van der Waals surface area contributed by atoms with Gasteiger partial charge in [0.15, 0.2) is 0 Å². The van der Waals surface area contributed by atoms with Crippen molar-refractivity contribution in [1.82, 2.24) is 4.57 Å². The standard InChI is InChI=1S/C15H10F2N.C5H5.Ti/c16-13-5-6-15(14(17)9-13)18-8-7-12(10-18)11-3-1-2-4-11;1-2-4-5-3-1;/h1-10H;1-5H;. The van der Waals surface area contributed by atoms with E-state index in [0.29, 0.717) is 5.69 Å². The molecule has 4 heteroatoms. The van der Waals surface area contributed by atoms with Gasteiger partial charge >= 0.3 is 124 Å². The molecule has 10 fully saturated rings. The molecule has 118 valence electrons. The normalized spacial score (nSPS) is 87.8. The molecule has 1 spiro atoms. The van der Waals surface area contributed by atoms with Gasteiger partial charge in [-0.25, -0.2) is 0 Å². The van der Waals surface area contributed by atoms with Crippen LogP contribution >= 0.6 is 0 Å². The molecule has 1 aromatic heterocycles. The first-order valence-corrected chi connectivity index (χ1v) is 19.0. The third-order valence-electron chi connectivity index (χ3n) is 22.6. The molecular weight excluding hydrogens is 340 g/mol. The van der Waals surface area contributed by atoms with Gasteiger partial charge < -0.3 is 0 Å². The van der Waals surface area contributed by atoms with Crippen molar-refractivity contribution in [3.8, 4) is 5.69 Å². The molecule has 12 rings (SSSR count). The van der Waals surface area contributed by atoms with Crippen LogP contribution in [0, 0.1) is 11.6 Å². The van der Waals surface area contributed by atoms with E-state index in [0.717, 1.165) is 9.79 Å². The van der Waals surface area contributed by atoms with E-state index in [1.807, 2.05) is 10.8 Å². The van der Waals surface area contributed by atoms with Crippen molar-refractivity contribution in [3.63, 3.8) is 0 Å². The Morgan fingerprint density at radius 2 is 1.54 bits per heavy atom. The SMILES string of the molecule is Fc1ccc(-n2ccc([C]34[CH]5[CH]6[CH]7[CH]3[Ti]6754389%10[CH]4[CH]3[CH]8[CH]9[CH]4%10)c2)c(F)c1. The first-order chi connectivity index (χ1) is 11.4. The molecule has 0 amide bonds. The number of hydrogen-bond acceptors (Lipinski definition) is 0. The summed E-state index contributed by atoms with van der Waals surface area (Å²) in [6.45, 7) is 0. The van der Waals surface area contributed by atoms with Crippen LogP contribution in [0.25, 0.3) is 5.69 Å². The van der Waals surface area contributed by atoms with Crippen molar-refractivity contribution >= 4 is 0 Å². The van der Waals surface area contributed by atoms with Gasteiger partial charge in [0.2, 0.25) is 0 Å². The molecule has 0 aliphatic carbocycles. The van der Waals surface area contributed by atoms with E-state index in [2.05, 4.69) is 12.3 Å². The van der Waals surface area contributed by atoms with E-state index in [1.54, 1.807) is 11.6 Å². The second-order valence-electron chi connectivity index (χ2n) is 15.7. The Labute approximate surface area is 123 Å². The second-order valence-corrected chi connectivity index (χ2v) is 49.0. The number of hydrogen-bond donors (Lipinski definition) is 0. The van der Waals surface area contributed by atoms with E-state index in [4.69, 9.17) is 0 Å². The fourth-order valence-electron chi connectivity index (χ4n) is 26.2. The van der Waals surface area contributed by atoms with Crippen LogP contribution in [0.5, 0.6) is 0 Å². The fraction of sp³-hybridized carbons (Fsp3) is 0.500. The molecule has 2 aromatic rings. The van der Waals surface area contributed by atoms with Crippen molar-refractivity contribution in [2.45, 2.75) is 41.7 Å². The molecule has 0 bridgehead atoms. The first kappa shape index (κ1) is 9.68. The van der Waals surface area contributed by atoms with Crippen LogP contribution in [0.1, 0.15) is 5.56 Å². The molecule has 0 N–H and O–H groups in total. The number of nitrogens with zero attached hydrogens (tertiary/aromatic N) is 1. The molecule has 0 radical (unpaired) electrons. The van der Waals surface area contributed by atoms with Crippen LogP contribution in [-0.2, 0) is 12.6 Å². The van der Waals surface area contributed by atoms with Gasteiger partial charge in [-0.3, -0.25) is 0 Å². The Morgan fingerprint density at radius 3 is 2.04 bits per heavy atom. The number of aromatic nitrogens is 1. The van der Waals surface area contributed by atoms with Crippen LogP contribution in [0.3, 0.4) is 0 Å². The quantitative estimate of drug-likeness (QED) is 0.623. The van der Waals surface area contributed by atoms with Crippen LogP contribution in [0.15, 0.2) is 36.7 Å². The maximum atomic E-state index is 14.2. The second kappa shape index (κ2) is 1.02. The third kappa shape index (κ3) is 0.143. The molecule has 24 heavy (non-hydrogen) atoms. The molecule has 0 saturated carbocycles. The molecule has 4 unspecified atom stereocenters. The molecule has 10 saturated heterocycles. The molecule has 11 heterocycles. The van der Waals surface area contributed by atoms with Crippen LogP contribution in [0.2, 0.25) is 38.0 Å². The van der Waals surface area contributed by atoms with Gasteiger partial charge in [-0.15, -0.1) is 0 Å². The first-order valence-electron chi connectivity index (χ1n) is 10.1. The average Bonchev–Trinajstić information content (AvgIpc) is 3.47. The Hall–Kier alpha value is -0.926. The zero-order valence-electron chi connectivity index (χ0n) is 12.9. The molecule has 1 aromatic carbocycles. The summed E-state index contributed by atoms with van der Waals surface area (Å²) in [5, 5.41) is 0. The zero-order chi connectivity index (χ0) is 15.1. The van der Waals surface area contributed by atoms with Crippen molar-refractivity contribution < 1.29 is 17.7 Å². The number of rotatable bonds is 2. The zero-order valence-corrected chi connectivity index (χ0v) is 14.4. The summed E-state index contributed by atoms with van der Waals surface area (Å²) in [6, 6.07) is 6.28. The molecule has 1 nitrogen and oxygen atoms in total. The summed E-state index contributed by atoms with van der Waals surface area (Å²) >= 11 is 0. The predicted molar refractivity (Wildman–Crippen MR) is 81.1 cm³/mol. The summed E-state index contributed by atoms with van der Waals surface area (Å²) in [5.74, 6) is -0.953. The summed E-state index contributed by atoms with van der Waals surface area (Å²) in [7, 11) is -3.53. The van der Waals surface area contributed by atoms with Crippen LogP contribution in [-0.4, -0.2) is 4.57 Å². The van der Waals surface area contributed by atoms with Gasteiger partial charge in [0, 0.05) is 0 Å². The molecule has 10 aliphatic heterocycles. The van der Waals surface area contributed by atoms with E-state index in [9.17, 15) is 8.78 Å². The summed E-state index contributed by atoms with van der Waals surface area (Å²) < 4.78 is 41.9. The molecule has 10 aliphatic rings. The van der Waals surface area contributed by atoms with Crippen molar-refractivity contribution in [3.05, 3.63) is 53.9 Å².